The maximum absolute atomic E-state index is 13.4. The molecule has 3 N–H and O–H groups in total. The molecular formula is C14H16FN3. The Labute approximate surface area is 106 Å². The van der Waals surface area contributed by atoms with Crippen molar-refractivity contribution in [1.82, 2.24) is 10.4 Å². The summed E-state index contributed by atoms with van der Waals surface area (Å²) in [4.78, 5) is 4.14. The molecule has 4 heteroatoms. The maximum Gasteiger partial charge on any atom is 0.123 e. The van der Waals surface area contributed by atoms with Gasteiger partial charge >= 0.3 is 0 Å². The van der Waals surface area contributed by atoms with Crippen molar-refractivity contribution in [2.45, 2.75) is 19.9 Å². The predicted molar refractivity (Wildman–Crippen MR) is 69.3 cm³/mol. The molecule has 1 atom stereocenters. The quantitative estimate of drug-likeness (QED) is 0.645. The highest BCUT2D eigenvalue weighted by Gasteiger charge is 2.15. The van der Waals surface area contributed by atoms with E-state index in [2.05, 4.69) is 10.4 Å². The summed E-state index contributed by atoms with van der Waals surface area (Å²) >= 11 is 0. The lowest BCUT2D eigenvalue weighted by Gasteiger charge is -2.19. The Balaban J connectivity index is 2.48. The van der Waals surface area contributed by atoms with E-state index in [1.165, 1.54) is 12.1 Å². The summed E-state index contributed by atoms with van der Waals surface area (Å²) in [6.07, 6.45) is 3.51. The van der Waals surface area contributed by atoms with Gasteiger partial charge in [0.25, 0.3) is 0 Å². The van der Waals surface area contributed by atoms with E-state index in [1.807, 2.05) is 19.9 Å². The molecule has 1 unspecified atom stereocenters. The second kappa shape index (κ2) is 5.25. The molecule has 94 valence electrons. The summed E-state index contributed by atoms with van der Waals surface area (Å²) in [5, 5.41) is 0. The minimum Gasteiger partial charge on any atom is -0.271 e. The van der Waals surface area contributed by atoms with E-state index in [-0.39, 0.29) is 11.9 Å². The molecule has 0 saturated heterocycles. The number of pyridine rings is 1. The third-order valence-corrected chi connectivity index (χ3v) is 2.95. The van der Waals surface area contributed by atoms with Gasteiger partial charge in [-0.2, -0.15) is 0 Å². The van der Waals surface area contributed by atoms with E-state index in [9.17, 15) is 4.39 Å². The first-order valence-electron chi connectivity index (χ1n) is 5.75. The van der Waals surface area contributed by atoms with Crippen LogP contribution in [0.2, 0.25) is 0 Å². The molecule has 0 saturated carbocycles. The summed E-state index contributed by atoms with van der Waals surface area (Å²) in [6.45, 7) is 3.89. The molecule has 1 heterocycles. The number of hydrazine groups is 1. The number of hydrogen-bond acceptors (Lipinski definition) is 3. The molecule has 1 aromatic carbocycles. The summed E-state index contributed by atoms with van der Waals surface area (Å²) < 4.78 is 13.4. The van der Waals surface area contributed by atoms with Crippen LogP contribution in [0, 0.1) is 19.7 Å². The van der Waals surface area contributed by atoms with Gasteiger partial charge in [0.1, 0.15) is 5.82 Å². The van der Waals surface area contributed by atoms with Crippen LogP contribution < -0.4 is 11.3 Å². The topological polar surface area (TPSA) is 50.9 Å². The van der Waals surface area contributed by atoms with Crippen molar-refractivity contribution in [3.63, 3.8) is 0 Å². The van der Waals surface area contributed by atoms with E-state index < -0.39 is 0 Å². The van der Waals surface area contributed by atoms with Gasteiger partial charge in [-0.1, -0.05) is 12.1 Å². The summed E-state index contributed by atoms with van der Waals surface area (Å²) in [5.74, 6) is 5.34. The number of aryl methyl sites for hydroxylation is 2. The van der Waals surface area contributed by atoms with Gasteiger partial charge in [0, 0.05) is 12.4 Å². The van der Waals surface area contributed by atoms with Crippen LogP contribution >= 0.6 is 0 Å². The zero-order valence-corrected chi connectivity index (χ0v) is 10.4. The van der Waals surface area contributed by atoms with Crippen molar-refractivity contribution in [3.05, 3.63) is 64.7 Å². The average molecular weight is 245 g/mol. The average Bonchev–Trinajstić information content (AvgIpc) is 2.35. The van der Waals surface area contributed by atoms with E-state index in [1.54, 1.807) is 18.5 Å². The van der Waals surface area contributed by atoms with Gasteiger partial charge in [-0.3, -0.25) is 10.8 Å². The molecule has 3 nitrogen and oxygen atoms in total. The number of hydrogen-bond donors (Lipinski definition) is 2. The van der Waals surface area contributed by atoms with Crippen LogP contribution in [0.3, 0.4) is 0 Å². The van der Waals surface area contributed by atoms with Crippen molar-refractivity contribution < 1.29 is 4.39 Å². The summed E-state index contributed by atoms with van der Waals surface area (Å²) in [6, 6.07) is 6.43. The molecule has 0 fully saturated rings. The van der Waals surface area contributed by atoms with E-state index in [4.69, 9.17) is 5.84 Å². The third-order valence-electron chi connectivity index (χ3n) is 2.95. The highest BCUT2D eigenvalue weighted by Crippen LogP contribution is 2.24. The van der Waals surface area contributed by atoms with Crippen molar-refractivity contribution in [3.8, 4) is 0 Å². The summed E-state index contributed by atoms with van der Waals surface area (Å²) in [7, 11) is 0. The number of rotatable bonds is 3. The first kappa shape index (κ1) is 12.7. The minimum absolute atomic E-state index is 0.256. The Morgan fingerprint density at radius 3 is 2.67 bits per heavy atom. The first-order valence-corrected chi connectivity index (χ1v) is 5.75. The third kappa shape index (κ3) is 2.55. The molecule has 0 radical (unpaired) electrons. The Morgan fingerprint density at radius 1 is 1.22 bits per heavy atom. The van der Waals surface area contributed by atoms with E-state index >= 15 is 0 Å². The van der Waals surface area contributed by atoms with Crippen molar-refractivity contribution >= 4 is 0 Å². The lowest BCUT2D eigenvalue weighted by Crippen LogP contribution is -2.29. The number of nitrogens with zero attached hydrogens (tertiary/aromatic N) is 1. The zero-order chi connectivity index (χ0) is 13.1. The molecule has 0 bridgehead atoms. The van der Waals surface area contributed by atoms with Gasteiger partial charge in [0.15, 0.2) is 0 Å². The molecule has 0 aliphatic carbocycles. The van der Waals surface area contributed by atoms with Crippen molar-refractivity contribution in [2.24, 2.45) is 5.84 Å². The standard InChI is InChI=1S/C14H16FN3/c1-9-5-11(8-17-7-9)14(18-16)13-6-12(15)4-3-10(13)2/h3-8,14,18H,16H2,1-2H3. The smallest absolute Gasteiger partial charge is 0.123 e. The fourth-order valence-electron chi connectivity index (χ4n) is 2.02. The van der Waals surface area contributed by atoms with Gasteiger partial charge < -0.3 is 0 Å². The SMILES string of the molecule is Cc1cncc(C(NN)c2cc(F)ccc2C)c1. The lowest BCUT2D eigenvalue weighted by molar-refractivity contribution is 0.601. The van der Waals surface area contributed by atoms with Gasteiger partial charge in [0.05, 0.1) is 6.04 Å². The number of benzene rings is 1. The van der Waals surface area contributed by atoms with Gasteiger partial charge in [0.2, 0.25) is 0 Å². The van der Waals surface area contributed by atoms with Crippen LogP contribution in [0.1, 0.15) is 28.3 Å². The number of halogens is 1. The van der Waals surface area contributed by atoms with Crippen LogP contribution in [-0.4, -0.2) is 4.98 Å². The molecule has 0 aliphatic rings. The van der Waals surface area contributed by atoms with Crippen LogP contribution in [0.4, 0.5) is 4.39 Å². The summed E-state index contributed by atoms with van der Waals surface area (Å²) in [5.41, 5.74) is 6.50. The largest absolute Gasteiger partial charge is 0.271 e. The van der Waals surface area contributed by atoms with Crippen LogP contribution in [0.25, 0.3) is 0 Å². The fourth-order valence-corrected chi connectivity index (χ4v) is 2.02. The molecule has 18 heavy (non-hydrogen) atoms. The monoisotopic (exact) mass is 245 g/mol. The van der Waals surface area contributed by atoms with Gasteiger partial charge in [-0.25, -0.2) is 9.82 Å². The predicted octanol–water partition coefficient (Wildman–Crippen LogP) is 2.39. The number of nitrogens with one attached hydrogen (secondary N) is 1. The van der Waals surface area contributed by atoms with Crippen molar-refractivity contribution in [2.75, 3.05) is 0 Å². The Bertz CT molecular complexity index is 554. The minimum atomic E-state index is -0.267. The lowest BCUT2D eigenvalue weighted by atomic mass is 9.96. The van der Waals surface area contributed by atoms with Crippen LogP contribution in [0.5, 0.6) is 0 Å². The molecule has 0 spiro atoms. The number of nitrogens with two attached hydrogens (primary N) is 1. The van der Waals surface area contributed by atoms with Crippen LogP contribution in [0.15, 0.2) is 36.7 Å². The second-order valence-electron chi connectivity index (χ2n) is 4.40. The van der Waals surface area contributed by atoms with Crippen LogP contribution in [-0.2, 0) is 0 Å². The Hall–Kier alpha value is -1.78. The first-order chi connectivity index (χ1) is 8.61. The van der Waals surface area contributed by atoms with Gasteiger partial charge in [-0.15, -0.1) is 0 Å². The highest BCUT2D eigenvalue weighted by atomic mass is 19.1. The molecule has 1 aromatic heterocycles. The molecule has 0 amide bonds. The van der Waals surface area contributed by atoms with E-state index in [0.29, 0.717) is 0 Å². The Kier molecular flexibility index (Phi) is 3.69. The number of aromatic nitrogens is 1. The molecule has 2 rings (SSSR count). The maximum atomic E-state index is 13.4. The Morgan fingerprint density at radius 2 is 2.00 bits per heavy atom. The molecule has 2 aromatic rings. The van der Waals surface area contributed by atoms with Crippen molar-refractivity contribution in [1.29, 1.82) is 0 Å². The van der Waals surface area contributed by atoms with Gasteiger partial charge in [-0.05, 0) is 48.2 Å². The molecule has 0 aliphatic heterocycles. The molecular weight excluding hydrogens is 229 g/mol. The highest BCUT2D eigenvalue weighted by molar-refractivity contribution is 5.37. The second-order valence-corrected chi connectivity index (χ2v) is 4.40. The van der Waals surface area contributed by atoms with E-state index in [0.717, 1.165) is 22.3 Å². The normalized spacial score (nSPS) is 12.4. The zero-order valence-electron chi connectivity index (χ0n) is 10.4. The fraction of sp³-hybridized carbons (Fsp3) is 0.214.